The summed E-state index contributed by atoms with van der Waals surface area (Å²) in [4.78, 5) is 7.32. The Balaban J connectivity index is 1.37. The lowest BCUT2D eigenvalue weighted by molar-refractivity contribution is 0.198. The van der Waals surface area contributed by atoms with E-state index >= 15 is 0 Å². The van der Waals surface area contributed by atoms with Crippen LogP contribution in [0.15, 0.2) is 41.9 Å². The molecule has 158 valence electrons. The maximum Gasteiger partial charge on any atom is 0.191 e. The van der Waals surface area contributed by atoms with Crippen LogP contribution < -0.4 is 10.6 Å². The molecule has 1 aliphatic heterocycles. The quantitative estimate of drug-likeness (QED) is 0.387. The molecule has 0 radical (unpaired) electrons. The van der Waals surface area contributed by atoms with E-state index in [2.05, 4.69) is 63.8 Å². The van der Waals surface area contributed by atoms with E-state index in [9.17, 15) is 0 Å². The molecule has 0 spiro atoms. The molecule has 1 aromatic heterocycles. The van der Waals surface area contributed by atoms with Crippen LogP contribution in [0, 0.1) is 6.92 Å². The van der Waals surface area contributed by atoms with Crippen LogP contribution in [0.25, 0.3) is 0 Å². The number of benzene rings is 1. The van der Waals surface area contributed by atoms with Crippen LogP contribution in [0.5, 0.6) is 0 Å². The van der Waals surface area contributed by atoms with Crippen LogP contribution in [0.3, 0.4) is 0 Å². The molecule has 1 aromatic carbocycles. The van der Waals surface area contributed by atoms with Gasteiger partial charge in [-0.25, -0.2) is 0 Å². The van der Waals surface area contributed by atoms with Crippen LogP contribution in [0.2, 0.25) is 0 Å². The minimum Gasteiger partial charge on any atom is -0.357 e. The average molecular weight is 398 g/mol. The van der Waals surface area contributed by atoms with Gasteiger partial charge in [-0.05, 0) is 45.1 Å². The van der Waals surface area contributed by atoms with Crippen molar-refractivity contribution in [3.05, 3.63) is 48.0 Å². The van der Waals surface area contributed by atoms with Crippen LogP contribution >= 0.6 is 0 Å². The number of nitrogens with one attached hydrogen (secondary N) is 2. The smallest absolute Gasteiger partial charge is 0.191 e. The summed E-state index contributed by atoms with van der Waals surface area (Å²) in [6.07, 6.45) is 7.98. The molecule has 2 heterocycles. The summed E-state index contributed by atoms with van der Waals surface area (Å²) in [6, 6.07) is 9.35. The van der Waals surface area contributed by atoms with E-state index in [0.29, 0.717) is 6.04 Å². The molecule has 1 fully saturated rings. The van der Waals surface area contributed by atoms with Crippen LogP contribution in [0.4, 0.5) is 0 Å². The van der Waals surface area contributed by atoms with Gasteiger partial charge in [-0.3, -0.25) is 9.89 Å². The predicted octanol–water partition coefficient (Wildman–Crippen LogP) is 2.59. The topological polar surface area (TPSA) is 70.4 Å². The van der Waals surface area contributed by atoms with Crippen LogP contribution in [0.1, 0.15) is 43.7 Å². The maximum atomic E-state index is 4.76. The molecule has 0 bridgehead atoms. The summed E-state index contributed by atoms with van der Waals surface area (Å²) in [7, 11) is 0. The van der Waals surface area contributed by atoms with Crippen molar-refractivity contribution in [2.45, 2.75) is 58.7 Å². The summed E-state index contributed by atoms with van der Waals surface area (Å²) in [5.41, 5.74) is 2.75. The predicted molar refractivity (Wildman–Crippen MR) is 118 cm³/mol. The normalized spacial score (nSPS) is 16.1. The largest absolute Gasteiger partial charge is 0.357 e. The Kier molecular flexibility index (Phi) is 8.49. The Morgan fingerprint density at radius 3 is 2.69 bits per heavy atom. The van der Waals surface area contributed by atoms with E-state index in [1.807, 2.05) is 4.57 Å². The van der Waals surface area contributed by atoms with Gasteiger partial charge in [-0.15, -0.1) is 10.2 Å². The second kappa shape index (κ2) is 11.6. The molecule has 29 heavy (non-hydrogen) atoms. The minimum absolute atomic E-state index is 0.499. The van der Waals surface area contributed by atoms with Crippen LogP contribution in [-0.4, -0.2) is 57.8 Å². The number of piperidine rings is 1. The molecule has 3 rings (SSSR count). The summed E-state index contributed by atoms with van der Waals surface area (Å²) < 4.78 is 2.01. The van der Waals surface area contributed by atoms with Crippen molar-refractivity contribution in [3.8, 4) is 0 Å². The average Bonchev–Trinajstić information content (AvgIpc) is 3.23. The van der Waals surface area contributed by atoms with Gasteiger partial charge in [0, 0.05) is 45.3 Å². The number of guanidine groups is 1. The monoisotopic (exact) mass is 397 g/mol. The van der Waals surface area contributed by atoms with Gasteiger partial charge in [-0.1, -0.05) is 29.8 Å². The van der Waals surface area contributed by atoms with Crippen LogP contribution in [-0.2, 0) is 13.1 Å². The maximum absolute atomic E-state index is 4.76. The third kappa shape index (κ3) is 7.49. The summed E-state index contributed by atoms with van der Waals surface area (Å²) >= 11 is 0. The van der Waals surface area contributed by atoms with Gasteiger partial charge in [0.1, 0.15) is 12.7 Å². The third-order valence-electron chi connectivity index (χ3n) is 5.32. The van der Waals surface area contributed by atoms with Crippen molar-refractivity contribution in [2.24, 2.45) is 4.99 Å². The lowest BCUT2D eigenvalue weighted by Gasteiger charge is -2.33. The third-order valence-corrected chi connectivity index (χ3v) is 5.32. The highest BCUT2D eigenvalue weighted by molar-refractivity contribution is 5.80. The number of hydrogen-bond donors (Lipinski definition) is 2. The summed E-state index contributed by atoms with van der Waals surface area (Å²) in [5, 5.41) is 14.7. The number of hydrogen-bond acceptors (Lipinski definition) is 4. The van der Waals surface area contributed by atoms with E-state index in [1.165, 1.54) is 11.1 Å². The Hall–Kier alpha value is -2.41. The fraction of sp³-hybridized carbons (Fsp3) is 0.591. The van der Waals surface area contributed by atoms with Gasteiger partial charge in [0.15, 0.2) is 5.96 Å². The van der Waals surface area contributed by atoms with Crippen molar-refractivity contribution >= 4 is 5.96 Å². The highest BCUT2D eigenvalue weighted by Crippen LogP contribution is 2.14. The number of aryl methyl sites for hydroxylation is 2. The highest BCUT2D eigenvalue weighted by Gasteiger charge is 2.20. The Bertz CT molecular complexity index is 733. The zero-order valence-corrected chi connectivity index (χ0v) is 17.8. The summed E-state index contributed by atoms with van der Waals surface area (Å²) in [6.45, 7) is 10.3. The van der Waals surface area contributed by atoms with Crippen molar-refractivity contribution in [1.82, 2.24) is 30.3 Å². The number of likely N-dealkylation sites (tertiary alicyclic amines) is 1. The molecule has 7 heteroatoms. The van der Waals surface area contributed by atoms with Gasteiger partial charge in [-0.2, -0.15) is 0 Å². The first-order valence-electron chi connectivity index (χ1n) is 10.9. The number of unbranched alkanes of at least 4 members (excludes halogenated alkanes) is 1. The molecular weight excluding hydrogens is 362 g/mol. The molecule has 1 aliphatic rings. The Labute approximate surface area is 174 Å². The SMILES string of the molecule is CCNC(=NCCCCn1cnnc1)NC1CCN(Cc2cccc(C)c2)CC1. The fourth-order valence-electron chi connectivity index (χ4n) is 3.75. The molecule has 1 saturated heterocycles. The highest BCUT2D eigenvalue weighted by atomic mass is 15.2. The van der Waals surface area contributed by atoms with Gasteiger partial charge < -0.3 is 15.2 Å². The summed E-state index contributed by atoms with van der Waals surface area (Å²) in [5.74, 6) is 0.953. The van der Waals surface area contributed by atoms with Crippen molar-refractivity contribution in [1.29, 1.82) is 0 Å². The molecular formula is C22H35N7. The fourth-order valence-corrected chi connectivity index (χ4v) is 3.75. The molecule has 7 nitrogen and oxygen atoms in total. The van der Waals surface area contributed by atoms with E-state index in [1.54, 1.807) is 12.7 Å². The number of rotatable bonds is 9. The van der Waals surface area contributed by atoms with E-state index < -0.39 is 0 Å². The molecule has 0 amide bonds. The van der Waals surface area contributed by atoms with Gasteiger partial charge >= 0.3 is 0 Å². The molecule has 2 N–H and O–H groups in total. The first-order chi connectivity index (χ1) is 14.2. The van der Waals surface area contributed by atoms with Crippen molar-refractivity contribution in [2.75, 3.05) is 26.2 Å². The number of aromatic nitrogens is 3. The molecule has 0 atom stereocenters. The van der Waals surface area contributed by atoms with Crippen molar-refractivity contribution in [3.63, 3.8) is 0 Å². The Morgan fingerprint density at radius 2 is 1.97 bits per heavy atom. The first kappa shape index (κ1) is 21.3. The zero-order chi connectivity index (χ0) is 20.3. The molecule has 2 aromatic rings. The number of nitrogens with zero attached hydrogens (tertiary/aromatic N) is 5. The molecule has 0 aliphatic carbocycles. The first-order valence-corrected chi connectivity index (χ1v) is 10.9. The molecule has 0 saturated carbocycles. The van der Waals surface area contributed by atoms with E-state index in [4.69, 9.17) is 4.99 Å². The lowest BCUT2D eigenvalue weighted by Crippen LogP contribution is -2.48. The molecule has 0 unspecified atom stereocenters. The van der Waals surface area contributed by atoms with Crippen molar-refractivity contribution < 1.29 is 0 Å². The lowest BCUT2D eigenvalue weighted by atomic mass is 10.0. The second-order valence-corrected chi connectivity index (χ2v) is 7.85. The zero-order valence-electron chi connectivity index (χ0n) is 17.8. The van der Waals surface area contributed by atoms with Gasteiger partial charge in [0.05, 0.1) is 0 Å². The Morgan fingerprint density at radius 1 is 1.17 bits per heavy atom. The van der Waals surface area contributed by atoms with Gasteiger partial charge in [0.25, 0.3) is 0 Å². The number of aliphatic imine (C=N–C) groups is 1. The minimum atomic E-state index is 0.499. The second-order valence-electron chi connectivity index (χ2n) is 7.85. The van der Waals surface area contributed by atoms with E-state index in [0.717, 1.165) is 70.9 Å². The van der Waals surface area contributed by atoms with E-state index in [-0.39, 0.29) is 0 Å². The standard InChI is InChI=1S/C22H35N7/c1-3-23-22(24-11-4-5-12-29-17-25-26-18-29)27-21-9-13-28(14-10-21)16-20-8-6-7-19(2)15-20/h6-8,15,17-18,21H,3-5,9-14,16H2,1-2H3,(H2,23,24,27). The van der Waals surface area contributed by atoms with Gasteiger partial charge in [0.2, 0.25) is 0 Å².